The average molecular weight is 357 g/mol. The fourth-order valence-corrected chi connectivity index (χ4v) is 3.63. The first-order valence-corrected chi connectivity index (χ1v) is 8.90. The van der Waals surface area contributed by atoms with Crippen molar-refractivity contribution >= 4 is 35.2 Å². The number of esters is 1. The summed E-state index contributed by atoms with van der Waals surface area (Å²) in [5.74, 6) is 0.480. The summed E-state index contributed by atoms with van der Waals surface area (Å²) in [5, 5.41) is 3.62. The molecule has 0 aromatic heterocycles. The van der Waals surface area contributed by atoms with Gasteiger partial charge in [0.25, 0.3) is 0 Å². The molecule has 0 saturated carbocycles. The van der Waals surface area contributed by atoms with Crippen molar-refractivity contribution < 1.29 is 14.3 Å². The number of methoxy groups -OCH3 is 1. The summed E-state index contributed by atoms with van der Waals surface area (Å²) in [6.07, 6.45) is 0. The number of nitrogens with one attached hydrogen (secondary N) is 1. The number of thioether (sulfide) groups is 1. The summed E-state index contributed by atoms with van der Waals surface area (Å²) in [7, 11) is 1.37. The van der Waals surface area contributed by atoms with Gasteiger partial charge in [-0.1, -0.05) is 23.7 Å². The Kier molecular flexibility index (Phi) is 6.74. The maximum atomic E-state index is 12.3. The van der Waals surface area contributed by atoms with Crippen molar-refractivity contribution in [2.75, 3.05) is 32.5 Å². The summed E-state index contributed by atoms with van der Waals surface area (Å²) >= 11 is 7.41. The average Bonchev–Trinajstić information content (AvgIpc) is 2.59. The number of hydrogen-bond donors (Lipinski definition) is 1. The first-order chi connectivity index (χ1) is 11.0. The van der Waals surface area contributed by atoms with Gasteiger partial charge in [0.1, 0.15) is 5.25 Å². The minimum Gasteiger partial charge on any atom is -0.468 e. The number of halogens is 1. The zero-order valence-corrected chi connectivity index (χ0v) is 14.8. The van der Waals surface area contributed by atoms with Gasteiger partial charge in [-0.25, -0.2) is 0 Å². The van der Waals surface area contributed by atoms with Crippen LogP contribution in [-0.2, 0) is 14.3 Å². The molecular weight excluding hydrogens is 336 g/mol. The first kappa shape index (κ1) is 18.1. The topological polar surface area (TPSA) is 58.6 Å². The molecule has 1 amide bonds. The minimum atomic E-state index is -0.286. The van der Waals surface area contributed by atoms with Crippen molar-refractivity contribution in [1.82, 2.24) is 10.2 Å². The predicted molar refractivity (Wildman–Crippen MR) is 92.7 cm³/mol. The van der Waals surface area contributed by atoms with Crippen LogP contribution in [0.25, 0.3) is 0 Å². The van der Waals surface area contributed by atoms with E-state index in [1.54, 1.807) is 4.90 Å². The van der Waals surface area contributed by atoms with Crippen molar-refractivity contribution in [3.63, 3.8) is 0 Å². The highest BCUT2D eigenvalue weighted by molar-refractivity contribution is 8.00. The lowest BCUT2D eigenvalue weighted by Gasteiger charge is -2.31. The highest BCUT2D eigenvalue weighted by atomic mass is 35.5. The molecule has 2 atom stereocenters. The normalized spacial score (nSPS) is 19.3. The van der Waals surface area contributed by atoms with Crippen molar-refractivity contribution in [3.05, 3.63) is 34.9 Å². The number of nitrogens with zero attached hydrogens (tertiary/aromatic N) is 1. The third-order valence-electron chi connectivity index (χ3n) is 3.81. The fourth-order valence-electron chi connectivity index (χ4n) is 2.37. The van der Waals surface area contributed by atoms with Gasteiger partial charge in [-0.15, -0.1) is 11.8 Å². The summed E-state index contributed by atoms with van der Waals surface area (Å²) in [4.78, 5) is 25.7. The third-order valence-corrected chi connectivity index (χ3v) is 5.23. The Balaban J connectivity index is 1.84. The van der Waals surface area contributed by atoms with E-state index >= 15 is 0 Å². The molecule has 23 heavy (non-hydrogen) atoms. The zero-order chi connectivity index (χ0) is 16.8. The maximum Gasteiger partial charge on any atom is 0.320 e. The zero-order valence-electron chi connectivity index (χ0n) is 13.3. The van der Waals surface area contributed by atoms with E-state index in [9.17, 15) is 9.59 Å². The predicted octanol–water partition coefficient (Wildman–Crippen LogP) is 2.11. The van der Waals surface area contributed by atoms with Crippen molar-refractivity contribution in [1.29, 1.82) is 0 Å². The van der Waals surface area contributed by atoms with Crippen LogP contribution in [0.15, 0.2) is 24.3 Å². The quantitative estimate of drug-likeness (QED) is 0.819. The maximum absolute atomic E-state index is 12.3. The summed E-state index contributed by atoms with van der Waals surface area (Å²) < 4.78 is 4.76. The molecule has 1 aromatic rings. The molecule has 0 bridgehead atoms. The van der Waals surface area contributed by atoms with Crippen LogP contribution in [0.5, 0.6) is 0 Å². The van der Waals surface area contributed by atoms with Gasteiger partial charge in [-0.3, -0.25) is 9.59 Å². The van der Waals surface area contributed by atoms with E-state index in [0.717, 1.165) is 11.3 Å². The Bertz CT molecular complexity index is 553. The van der Waals surface area contributed by atoms with Gasteiger partial charge in [0.05, 0.1) is 13.7 Å². The van der Waals surface area contributed by atoms with Gasteiger partial charge in [-0.2, -0.15) is 0 Å². The second-order valence-electron chi connectivity index (χ2n) is 5.38. The molecule has 1 aromatic carbocycles. The standard InChI is InChI=1S/C16H21ClN2O3S/c1-11(12-3-5-13(17)6-4-12)18-9-15(20)19-7-8-23-14(10-19)16(21)22-2/h3-6,11,14,18H,7-10H2,1-2H3/t11-,14-/m0/s1. The molecule has 1 saturated heterocycles. The third kappa shape index (κ3) is 5.12. The Labute approximate surface area is 145 Å². The Morgan fingerprint density at radius 3 is 2.78 bits per heavy atom. The van der Waals surface area contributed by atoms with E-state index < -0.39 is 0 Å². The van der Waals surface area contributed by atoms with Gasteiger partial charge in [-0.05, 0) is 24.6 Å². The van der Waals surface area contributed by atoms with Crippen LogP contribution in [0, 0.1) is 0 Å². The molecule has 126 valence electrons. The number of hydrogen-bond acceptors (Lipinski definition) is 5. The molecule has 1 aliphatic rings. The van der Waals surface area contributed by atoms with E-state index in [-0.39, 0.29) is 29.7 Å². The molecule has 0 radical (unpaired) electrons. The van der Waals surface area contributed by atoms with E-state index in [1.807, 2.05) is 31.2 Å². The number of carbonyl (C=O) groups excluding carboxylic acids is 2. The monoisotopic (exact) mass is 356 g/mol. The SMILES string of the molecule is COC(=O)[C@@H]1CN(C(=O)CN[C@@H](C)c2ccc(Cl)cc2)CCS1. The molecule has 1 fully saturated rings. The number of carbonyl (C=O) groups is 2. The summed E-state index contributed by atoms with van der Waals surface area (Å²) in [5.41, 5.74) is 1.07. The largest absolute Gasteiger partial charge is 0.468 e. The number of ether oxygens (including phenoxy) is 1. The molecule has 0 aliphatic carbocycles. The van der Waals surface area contributed by atoms with Gasteiger partial charge in [0.2, 0.25) is 5.91 Å². The number of amides is 1. The van der Waals surface area contributed by atoms with Crippen LogP contribution >= 0.6 is 23.4 Å². The molecular formula is C16H21ClN2O3S. The molecule has 1 aliphatic heterocycles. The molecule has 0 unspecified atom stereocenters. The van der Waals surface area contributed by atoms with Gasteiger partial charge >= 0.3 is 5.97 Å². The highest BCUT2D eigenvalue weighted by Crippen LogP contribution is 2.20. The second kappa shape index (κ2) is 8.57. The Morgan fingerprint density at radius 1 is 1.43 bits per heavy atom. The van der Waals surface area contributed by atoms with Crippen LogP contribution in [-0.4, -0.2) is 54.5 Å². The Morgan fingerprint density at radius 2 is 2.13 bits per heavy atom. The molecule has 7 heteroatoms. The van der Waals surface area contributed by atoms with Crippen molar-refractivity contribution in [3.8, 4) is 0 Å². The lowest BCUT2D eigenvalue weighted by molar-refractivity contribution is -0.141. The lowest BCUT2D eigenvalue weighted by Crippen LogP contribution is -2.48. The van der Waals surface area contributed by atoms with E-state index in [2.05, 4.69) is 5.32 Å². The summed E-state index contributed by atoms with van der Waals surface area (Å²) in [6.45, 7) is 3.31. The van der Waals surface area contributed by atoms with E-state index in [1.165, 1.54) is 18.9 Å². The number of rotatable bonds is 5. The van der Waals surface area contributed by atoms with Gasteiger partial charge in [0.15, 0.2) is 0 Å². The Hall–Kier alpha value is -1.24. The van der Waals surface area contributed by atoms with Crippen molar-refractivity contribution in [2.45, 2.75) is 18.2 Å². The molecule has 2 rings (SSSR count). The lowest BCUT2D eigenvalue weighted by atomic mass is 10.1. The molecule has 5 nitrogen and oxygen atoms in total. The number of benzene rings is 1. The minimum absolute atomic E-state index is 0.0000154. The molecule has 1 N–H and O–H groups in total. The van der Waals surface area contributed by atoms with E-state index in [4.69, 9.17) is 16.3 Å². The second-order valence-corrected chi connectivity index (χ2v) is 7.12. The molecule has 1 heterocycles. The molecule has 0 spiro atoms. The first-order valence-electron chi connectivity index (χ1n) is 7.47. The van der Waals surface area contributed by atoms with Gasteiger partial charge in [0, 0.05) is 29.9 Å². The van der Waals surface area contributed by atoms with Crippen molar-refractivity contribution in [2.24, 2.45) is 0 Å². The summed E-state index contributed by atoms with van der Waals surface area (Å²) in [6, 6.07) is 7.59. The van der Waals surface area contributed by atoms with Crippen LogP contribution in [0.2, 0.25) is 5.02 Å². The highest BCUT2D eigenvalue weighted by Gasteiger charge is 2.29. The van der Waals surface area contributed by atoms with E-state index in [0.29, 0.717) is 18.1 Å². The van der Waals surface area contributed by atoms with Crippen LogP contribution in [0.1, 0.15) is 18.5 Å². The van der Waals surface area contributed by atoms with Crippen LogP contribution < -0.4 is 5.32 Å². The van der Waals surface area contributed by atoms with Crippen LogP contribution in [0.4, 0.5) is 0 Å². The smallest absolute Gasteiger partial charge is 0.320 e. The van der Waals surface area contributed by atoms with Crippen LogP contribution in [0.3, 0.4) is 0 Å². The fraction of sp³-hybridized carbons (Fsp3) is 0.500. The van der Waals surface area contributed by atoms with Gasteiger partial charge < -0.3 is 15.0 Å².